The maximum atomic E-state index is 11.9. The molecule has 0 bridgehead atoms. The molecule has 1 saturated carbocycles. The van der Waals surface area contributed by atoms with Crippen LogP contribution in [0.4, 0.5) is 5.69 Å². The van der Waals surface area contributed by atoms with Gasteiger partial charge in [0, 0.05) is 29.8 Å². The molecule has 1 unspecified atom stereocenters. The van der Waals surface area contributed by atoms with Crippen molar-refractivity contribution < 1.29 is 9.72 Å². The van der Waals surface area contributed by atoms with Crippen LogP contribution in [0.3, 0.4) is 0 Å². The van der Waals surface area contributed by atoms with Gasteiger partial charge in [0.25, 0.3) is 11.6 Å². The molecule has 0 aromatic heterocycles. The van der Waals surface area contributed by atoms with E-state index >= 15 is 0 Å². The number of hydrogen-bond donors (Lipinski definition) is 2. The van der Waals surface area contributed by atoms with E-state index in [-0.39, 0.29) is 30.0 Å². The van der Waals surface area contributed by atoms with Gasteiger partial charge >= 0.3 is 0 Å². The molecule has 0 aliphatic heterocycles. The number of nitrogens with one attached hydrogen (secondary N) is 1. The zero-order valence-electron chi connectivity index (χ0n) is 11.2. The Morgan fingerprint density at radius 3 is 2.75 bits per heavy atom. The molecule has 1 aromatic rings. The highest BCUT2D eigenvalue weighted by atomic mass is 35.5. The SMILES string of the molecule is Cc1ccc(C(=O)NCC(N)C2CC2)cc1[N+](=O)[O-].Cl. The lowest BCUT2D eigenvalue weighted by molar-refractivity contribution is -0.385. The molecule has 3 N–H and O–H groups in total. The summed E-state index contributed by atoms with van der Waals surface area (Å²) in [5.41, 5.74) is 6.67. The van der Waals surface area contributed by atoms with Crippen LogP contribution >= 0.6 is 12.4 Å². The Hall–Kier alpha value is -1.66. The molecule has 1 fully saturated rings. The summed E-state index contributed by atoms with van der Waals surface area (Å²) in [6.07, 6.45) is 2.24. The normalized spacial score (nSPS) is 15.1. The van der Waals surface area contributed by atoms with E-state index in [0.717, 1.165) is 12.8 Å². The maximum Gasteiger partial charge on any atom is 0.273 e. The number of benzene rings is 1. The highest BCUT2D eigenvalue weighted by molar-refractivity contribution is 5.95. The molecule has 1 aromatic carbocycles. The van der Waals surface area contributed by atoms with E-state index in [2.05, 4.69) is 5.32 Å². The van der Waals surface area contributed by atoms with Gasteiger partial charge in [-0.3, -0.25) is 14.9 Å². The van der Waals surface area contributed by atoms with Gasteiger partial charge in [-0.25, -0.2) is 0 Å². The van der Waals surface area contributed by atoms with Crippen molar-refractivity contribution >= 4 is 24.0 Å². The van der Waals surface area contributed by atoms with Gasteiger partial charge in [0.05, 0.1) is 4.92 Å². The Morgan fingerprint density at radius 2 is 2.20 bits per heavy atom. The summed E-state index contributed by atoms with van der Waals surface area (Å²) in [5.74, 6) is 0.187. The van der Waals surface area contributed by atoms with Gasteiger partial charge < -0.3 is 11.1 Å². The number of aryl methyl sites for hydroxylation is 1. The summed E-state index contributed by atoms with van der Waals surface area (Å²) in [7, 11) is 0. The average molecular weight is 300 g/mol. The summed E-state index contributed by atoms with van der Waals surface area (Å²) in [6.45, 7) is 2.05. The van der Waals surface area contributed by atoms with Gasteiger partial charge in [0.15, 0.2) is 0 Å². The molecule has 20 heavy (non-hydrogen) atoms. The summed E-state index contributed by atoms with van der Waals surface area (Å²) in [4.78, 5) is 22.2. The monoisotopic (exact) mass is 299 g/mol. The molecule has 6 nitrogen and oxygen atoms in total. The second kappa shape index (κ2) is 6.67. The van der Waals surface area contributed by atoms with Crippen molar-refractivity contribution in [2.45, 2.75) is 25.8 Å². The number of nitrogens with zero attached hydrogens (tertiary/aromatic N) is 1. The van der Waals surface area contributed by atoms with Gasteiger partial charge in [-0.05, 0) is 31.7 Å². The van der Waals surface area contributed by atoms with Crippen molar-refractivity contribution in [3.05, 3.63) is 39.4 Å². The Bertz CT molecular complexity index is 518. The van der Waals surface area contributed by atoms with Crippen LogP contribution in [0.5, 0.6) is 0 Å². The lowest BCUT2D eigenvalue weighted by Crippen LogP contribution is -2.38. The number of carbonyl (C=O) groups excluding carboxylic acids is 1. The van der Waals surface area contributed by atoms with Crippen LogP contribution in [0.2, 0.25) is 0 Å². The largest absolute Gasteiger partial charge is 0.350 e. The number of amides is 1. The van der Waals surface area contributed by atoms with Gasteiger partial charge in [-0.1, -0.05) is 6.07 Å². The van der Waals surface area contributed by atoms with Crippen molar-refractivity contribution in [1.82, 2.24) is 5.32 Å². The van der Waals surface area contributed by atoms with E-state index < -0.39 is 4.92 Å². The van der Waals surface area contributed by atoms with E-state index in [9.17, 15) is 14.9 Å². The molecule has 2 rings (SSSR count). The first-order valence-corrected chi connectivity index (χ1v) is 6.28. The molecule has 7 heteroatoms. The summed E-state index contributed by atoms with van der Waals surface area (Å²) < 4.78 is 0. The quantitative estimate of drug-likeness (QED) is 0.639. The lowest BCUT2D eigenvalue weighted by atomic mass is 10.1. The molecule has 0 heterocycles. The fourth-order valence-corrected chi connectivity index (χ4v) is 1.95. The molecule has 1 atom stereocenters. The minimum Gasteiger partial charge on any atom is -0.350 e. The second-order valence-electron chi connectivity index (χ2n) is 4.97. The van der Waals surface area contributed by atoms with Crippen LogP contribution in [0.1, 0.15) is 28.8 Å². The van der Waals surface area contributed by atoms with Gasteiger partial charge in [0.2, 0.25) is 0 Å². The maximum absolute atomic E-state index is 11.9. The van der Waals surface area contributed by atoms with E-state index in [4.69, 9.17) is 5.73 Å². The Morgan fingerprint density at radius 1 is 1.55 bits per heavy atom. The number of halogens is 1. The van der Waals surface area contributed by atoms with Crippen LogP contribution in [0, 0.1) is 23.0 Å². The molecule has 1 amide bonds. The van der Waals surface area contributed by atoms with E-state index in [1.165, 1.54) is 6.07 Å². The third kappa shape index (κ3) is 3.91. The highest BCUT2D eigenvalue weighted by Gasteiger charge is 2.28. The third-order valence-corrected chi connectivity index (χ3v) is 3.39. The van der Waals surface area contributed by atoms with Crippen LogP contribution in [-0.4, -0.2) is 23.4 Å². The van der Waals surface area contributed by atoms with Crippen molar-refractivity contribution in [2.75, 3.05) is 6.54 Å². The van der Waals surface area contributed by atoms with Crippen molar-refractivity contribution in [1.29, 1.82) is 0 Å². The fourth-order valence-electron chi connectivity index (χ4n) is 1.95. The third-order valence-electron chi connectivity index (χ3n) is 3.39. The molecule has 1 aliphatic carbocycles. The molecule has 110 valence electrons. The number of nitro benzene ring substituents is 1. The Kier molecular flexibility index (Phi) is 5.47. The highest BCUT2D eigenvalue weighted by Crippen LogP contribution is 2.31. The predicted molar refractivity (Wildman–Crippen MR) is 78.1 cm³/mol. The van der Waals surface area contributed by atoms with Crippen LogP contribution in [0.25, 0.3) is 0 Å². The summed E-state index contributed by atoms with van der Waals surface area (Å²) in [5, 5.41) is 13.5. The topological polar surface area (TPSA) is 98.3 Å². The van der Waals surface area contributed by atoms with E-state index in [1.807, 2.05) is 0 Å². The number of hydrogen-bond acceptors (Lipinski definition) is 4. The summed E-state index contributed by atoms with van der Waals surface area (Å²) >= 11 is 0. The van der Waals surface area contributed by atoms with Gasteiger partial charge in [-0.2, -0.15) is 0 Å². The zero-order valence-corrected chi connectivity index (χ0v) is 12.0. The smallest absolute Gasteiger partial charge is 0.273 e. The number of rotatable bonds is 5. The van der Waals surface area contributed by atoms with Crippen molar-refractivity contribution in [3.63, 3.8) is 0 Å². The lowest BCUT2D eigenvalue weighted by Gasteiger charge is -2.11. The minimum absolute atomic E-state index is 0. The number of nitro groups is 1. The molecule has 0 spiro atoms. The van der Waals surface area contributed by atoms with Crippen LogP contribution in [0.15, 0.2) is 18.2 Å². The standard InChI is InChI=1S/C13H17N3O3.ClH/c1-8-2-3-10(6-12(8)16(18)19)13(17)15-7-11(14)9-4-5-9;/h2-3,6,9,11H,4-5,7,14H2,1H3,(H,15,17);1H. The van der Waals surface area contributed by atoms with Crippen LogP contribution in [-0.2, 0) is 0 Å². The molecule has 1 aliphatic rings. The number of carbonyl (C=O) groups is 1. The molecular weight excluding hydrogens is 282 g/mol. The van der Waals surface area contributed by atoms with E-state index in [1.54, 1.807) is 19.1 Å². The summed E-state index contributed by atoms with van der Waals surface area (Å²) in [6, 6.07) is 4.44. The second-order valence-corrected chi connectivity index (χ2v) is 4.97. The number of nitrogens with two attached hydrogens (primary N) is 1. The van der Waals surface area contributed by atoms with Gasteiger partial charge in [-0.15, -0.1) is 12.4 Å². The minimum atomic E-state index is -0.484. The Balaban J connectivity index is 0.00000200. The Labute approximate surface area is 123 Å². The fraction of sp³-hybridized carbons (Fsp3) is 0.462. The van der Waals surface area contributed by atoms with E-state index in [0.29, 0.717) is 23.6 Å². The average Bonchev–Trinajstić information content (AvgIpc) is 3.20. The van der Waals surface area contributed by atoms with Gasteiger partial charge in [0.1, 0.15) is 0 Å². The predicted octanol–water partition coefficient (Wildman–Crippen LogP) is 1.79. The zero-order chi connectivity index (χ0) is 14.0. The first-order valence-electron chi connectivity index (χ1n) is 6.28. The molecular formula is C13H18ClN3O3. The first-order chi connectivity index (χ1) is 8.99. The molecule has 0 radical (unpaired) electrons. The van der Waals surface area contributed by atoms with Crippen molar-refractivity contribution in [2.24, 2.45) is 11.7 Å². The van der Waals surface area contributed by atoms with Crippen molar-refractivity contribution in [3.8, 4) is 0 Å². The first kappa shape index (κ1) is 16.4. The van der Waals surface area contributed by atoms with Crippen LogP contribution < -0.4 is 11.1 Å². The molecule has 0 saturated heterocycles.